The second-order valence-corrected chi connectivity index (χ2v) is 8.15. The summed E-state index contributed by atoms with van der Waals surface area (Å²) >= 11 is 0. The number of nitrogens with one attached hydrogen (secondary N) is 1. The summed E-state index contributed by atoms with van der Waals surface area (Å²) in [5.41, 5.74) is 3.06. The van der Waals surface area contributed by atoms with Gasteiger partial charge in [-0.15, -0.1) is 0 Å². The maximum absolute atomic E-state index is 14.4. The highest BCUT2D eigenvalue weighted by molar-refractivity contribution is 6.07. The molecule has 0 radical (unpaired) electrons. The van der Waals surface area contributed by atoms with Crippen molar-refractivity contribution in [1.29, 1.82) is 0 Å². The first-order valence-electron chi connectivity index (χ1n) is 10.1. The van der Waals surface area contributed by atoms with Crippen LogP contribution in [0.5, 0.6) is 0 Å². The number of ketones is 1. The Labute approximate surface area is 173 Å². The van der Waals surface area contributed by atoms with Crippen LogP contribution in [0.25, 0.3) is 11.2 Å². The van der Waals surface area contributed by atoms with Crippen LogP contribution < -0.4 is 10.2 Å². The van der Waals surface area contributed by atoms with Gasteiger partial charge in [0, 0.05) is 55.0 Å². The molecule has 0 bridgehead atoms. The lowest BCUT2D eigenvalue weighted by Gasteiger charge is -2.37. The van der Waals surface area contributed by atoms with E-state index in [-0.39, 0.29) is 22.8 Å². The van der Waals surface area contributed by atoms with E-state index in [0.717, 1.165) is 24.3 Å². The van der Waals surface area contributed by atoms with Gasteiger partial charge in [0.2, 0.25) is 5.78 Å². The Bertz CT molecular complexity index is 1270. The van der Waals surface area contributed by atoms with Gasteiger partial charge in [-0.05, 0) is 39.0 Å². The first-order valence-corrected chi connectivity index (χ1v) is 10.1. The van der Waals surface area contributed by atoms with Gasteiger partial charge in [-0.2, -0.15) is 0 Å². The van der Waals surface area contributed by atoms with Crippen LogP contribution in [-0.4, -0.2) is 49.7 Å². The molecule has 0 saturated carbocycles. The zero-order chi connectivity index (χ0) is 21.0. The number of carbonyl (C=O) groups excluding carboxylic acids is 1. The molecule has 0 amide bonds. The molecule has 5 rings (SSSR count). The van der Waals surface area contributed by atoms with Crippen LogP contribution >= 0.6 is 0 Å². The van der Waals surface area contributed by atoms with Crippen molar-refractivity contribution in [2.75, 3.05) is 18.0 Å². The third kappa shape index (κ3) is 3.13. The van der Waals surface area contributed by atoms with E-state index in [1.807, 2.05) is 18.3 Å². The Morgan fingerprint density at radius 1 is 1.20 bits per heavy atom. The van der Waals surface area contributed by atoms with Crippen LogP contribution in [0.4, 0.5) is 10.1 Å². The molecule has 1 N–H and O–H groups in total. The van der Waals surface area contributed by atoms with Crippen molar-refractivity contribution in [2.45, 2.75) is 32.9 Å². The van der Waals surface area contributed by atoms with Gasteiger partial charge < -0.3 is 14.6 Å². The number of halogens is 1. The first-order chi connectivity index (χ1) is 14.4. The molecule has 1 aliphatic rings. The molecular weight excluding hydrogens is 383 g/mol. The Morgan fingerprint density at radius 3 is 2.73 bits per heavy atom. The zero-order valence-electron chi connectivity index (χ0n) is 17.1. The van der Waals surface area contributed by atoms with Gasteiger partial charge in [-0.1, -0.05) is 0 Å². The summed E-state index contributed by atoms with van der Waals surface area (Å²) in [5.74, 6) is -0.604. The van der Waals surface area contributed by atoms with Crippen molar-refractivity contribution in [2.24, 2.45) is 0 Å². The number of fused-ring (bicyclic) bond motifs is 2. The van der Waals surface area contributed by atoms with E-state index < -0.39 is 5.82 Å². The van der Waals surface area contributed by atoms with E-state index >= 15 is 0 Å². The average Bonchev–Trinajstić information content (AvgIpc) is 3.29. The summed E-state index contributed by atoms with van der Waals surface area (Å²) in [6.45, 7) is 7.98. The molecule has 0 spiro atoms. The number of aryl methyl sites for hydroxylation is 1. The molecule has 1 saturated heterocycles. The normalized spacial score (nSPS) is 19.7. The summed E-state index contributed by atoms with van der Waals surface area (Å²) in [4.78, 5) is 23.9. The molecule has 4 aromatic rings. The Kier molecular flexibility index (Phi) is 4.32. The van der Waals surface area contributed by atoms with Crippen molar-refractivity contribution in [3.05, 3.63) is 65.9 Å². The second kappa shape index (κ2) is 6.91. The van der Waals surface area contributed by atoms with Gasteiger partial charge in [-0.3, -0.25) is 9.20 Å². The number of piperazine rings is 1. The van der Waals surface area contributed by atoms with Crippen molar-refractivity contribution in [3.8, 4) is 0 Å². The van der Waals surface area contributed by atoms with E-state index in [4.69, 9.17) is 0 Å². The van der Waals surface area contributed by atoms with E-state index in [0.29, 0.717) is 17.8 Å². The molecule has 30 heavy (non-hydrogen) atoms. The van der Waals surface area contributed by atoms with Gasteiger partial charge >= 0.3 is 0 Å². The lowest BCUT2D eigenvalue weighted by molar-refractivity contribution is 0.102. The number of carbonyl (C=O) groups is 1. The lowest BCUT2D eigenvalue weighted by Crippen LogP contribution is -2.54. The molecule has 8 heteroatoms. The maximum Gasteiger partial charge on any atom is 0.230 e. The fourth-order valence-electron chi connectivity index (χ4n) is 4.32. The molecule has 0 aromatic carbocycles. The van der Waals surface area contributed by atoms with Crippen LogP contribution in [0.2, 0.25) is 0 Å². The zero-order valence-corrected chi connectivity index (χ0v) is 17.1. The fraction of sp³-hybridized carbons (Fsp3) is 0.318. The van der Waals surface area contributed by atoms with Gasteiger partial charge in [0.15, 0.2) is 17.3 Å². The molecule has 5 heterocycles. The van der Waals surface area contributed by atoms with Crippen molar-refractivity contribution in [3.63, 3.8) is 0 Å². The number of hydrogen-bond acceptors (Lipinski definition) is 5. The highest BCUT2D eigenvalue weighted by Crippen LogP contribution is 2.22. The molecule has 2 atom stereocenters. The van der Waals surface area contributed by atoms with Gasteiger partial charge in [-0.25, -0.2) is 14.4 Å². The predicted molar refractivity (Wildman–Crippen MR) is 113 cm³/mol. The van der Waals surface area contributed by atoms with Crippen LogP contribution in [0.15, 0.2) is 43.0 Å². The topological polar surface area (TPSA) is 66.9 Å². The molecule has 1 fully saturated rings. The summed E-state index contributed by atoms with van der Waals surface area (Å²) in [7, 11) is 0. The quantitative estimate of drug-likeness (QED) is 0.530. The highest BCUT2D eigenvalue weighted by atomic mass is 19.1. The Balaban J connectivity index is 1.50. The predicted octanol–water partition coefficient (Wildman–Crippen LogP) is 2.85. The van der Waals surface area contributed by atoms with Crippen LogP contribution in [-0.2, 0) is 0 Å². The van der Waals surface area contributed by atoms with Crippen LogP contribution in [0.3, 0.4) is 0 Å². The minimum atomic E-state index is -0.529. The third-order valence-corrected chi connectivity index (χ3v) is 5.53. The summed E-state index contributed by atoms with van der Waals surface area (Å²) < 4.78 is 17.7. The highest BCUT2D eigenvalue weighted by Gasteiger charge is 2.23. The molecule has 4 aromatic heterocycles. The molecular formula is C22H23FN6O. The molecule has 154 valence electrons. The lowest BCUT2D eigenvalue weighted by atomic mass is 10.1. The number of hydrogen-bond donors (Lipinski definition) is 1. The van der Waals surface area contributed by atoms with Gasteiger partial charge in [0.1, 0.15) is 0 Å². The number of aromatic nitrogens is 4. The van der Waals surface area contributed by atoms with Crippen molar-refractivity contribution >= 4 is 22.6 Å². The van der Waals surface area contributed by atoms with Crippen LogP contribution in [0.1, 0.15) is 35.7 Å². The molecule has 1 aliphatic heterocycles. The number of imidazole rings is 2. The number of anilines is 1. The van der Waals surface area contributed by atoms with Crippen LogP contribution in [0, 0.1) is 12.7 Å². The monoisotopic (exact) mass is 406 g/mol. The summed E-state index contributed by atoms with van der Waals surface area (Å²) in [6.07, 6.45) is 6.83. The third-order valence-electron chi connectivity index (χ3n) is 5.53. The van der Waals surface area contributed by atoms with Gasteiger partial charge in [0.25, 0.3) is 0 Å². The number of nitrogens with zero attached hydrogens (tertiary/aromatic N) is 5. The van der Waals surface area contributed by atoms with E-state index in [2.05, 4.69) is 34.0 Å². The second-order valence-electron chi connectivity index (χ2n) is 8.15. The largest absolute Gasteiger partial charge is 0.368 e. The molecule has 7 nitrogen and oxygen atoms in total. The fourth-order valence-corrected chi connectivity index (χ4v) is 4.32. The summed E-state index contributed by atoms with van der Waals surface area (Å²) in [6, 6.07) is 6.08. The number of rotatable bonds is 3. The van der Waals surface area contributed by atoms with E-state index in [1.54, 1.807) is 34.3 Å². The Hall–Kier alpha value is -3.26. The first kappa shape index (κ1) is 18.7. The summed E-state index contributed by atoms with van der Waals surface area (Å²) in [5, 5.41) is 3.53. The van der Waals surface area contributed by atoms with Crippen molar-refractivity contribution < 1.29 is 9.18 Å². The molecule has 0 aliphatic carbocycles. The standard InChI is InChI=1S/C22H23FN6O/c1-13-9-27(10-14(2)25-13)17-4-5-29-18(7-17)8-24-22(29)20(30)16-6-19(23)21-26-15(3)11-28(21)12-16/h4-8,11-14,25H,9-10H2,1-3H3/t13-,14+. The maximum atomic E-state index is 14.4. The minimum Gasteiger partial charge on any atom is -0.368 e. The van der Waals surface area contributed by atoms with Gasteiger partial charge in [0.05, 0.1) is 17.4 Å². The van der Waals surface area contributed by atoms with E-state index in [1.165, 1.54) is 6.07 Å². The minimum absolute atomic E-state index is 0.209. The SMILES string of the molecule is Cc1cn2cc(C(=O)c3ncc4cc(N5C[C@@H](C)N[C@@H](C)C5)ccn34)cc(F)c2n1. The number of pyridine rings is 2. The smallest absolute Gasteiger partial charge is 0.230 e. The average molecular weight is 406 g/mol. The Morgan fingerprint density at radius 2 is 1.97 bits per heavy atom. The van der Waals surface area contributed by atoms with E-state index in [9.17, 15) is 9.18 Å². The van der Waals surface area contributed by atoms with Crippen molar-refractivity contribution in [1.82, 2.24) is 24.1 Å². The molecule has 0 unspecified atom stereocenters.